The third-order valence-corrected chi connectivity index (χ3v) is 2.33. The topological polar surface area (TPSA) is 91.7 Å². The van der Waals surface area contributed by atoms with E-state index < -0.39 is 0 Å². The lowest BCUT2D eigenvalue weighted by Gasteiger charge is -2.15. The number of nitriles is 1. The molecule has 7 heteroatoms. The van der Waals surface area contributed by atoms with Crippen molar-refractivity contribution in [3.63, 3.8) is 0 Å². The Labute approximate surface area is 104 Å². The van der Waals surface area contributed by atoms with Crippen molar-refractivity contribution in [1.82, 2.24) is 20.2 Å². The number of anilines is 1. The molecule has 2 aromatic heterocycles. The maximum atomic E-state index is 8.95. The highest BCUT2D eigenvalue weighted by molar-refractivity contribution is 5.48. The van der Waals surface area contributed by atoms with Crippen LogP contribution >= 0.6 is 0 Å². The Hall–Kier alpha value is -2.49. The molecule has 0 fully saturated rings. The normalized spacial score (nSPS) is 10.1. The Morgan fingerprint density at radius 1 is 1.28 bits per heavy atom. The van der Waals surface area contributed by atoms with Gasteiger partial charge in [0.05, 0.1) is 6.54 Å². The molecule has 0 saturated heterocycles. The average Bonchev–Trinajstić information content (AvgIpc) is 2.86. The highest BCUT2D eigenvalue weighted by atomic mass is 16.4. The van der Waals surface area contributed by atoms with Gasteiger partial charge in [-0.3, -0.25) is 0 Å². The van der Waals surface area contributed by atoms with Gasteiger partial charge < -0.3 is 9.32 Å². The van der Waals surface area contributed by atoms with E-state index in [0.29, 0.717) is 30.6 Å². The van der Waals surface area contributed by atoms with Crippen LogP contribution in [0.1, 0.15) is 24.4 Å². The predicted molar refractivity (Wildman–Crippen MR) is 62.5 cm³/mol. The summed E-state index contributed by atoms with van der Waals surface area (Å²) in [6.45, 7) is 2.33. The van der Waals surface area contributed by atoms with Crippen LogP contribution in [-0.2, 0) is 13.0 Å². The van der Waals surface area contributed by atoms with Crippen LogP contribution in [0.2, 0.25) is 0 Å². The first-order valence-electron chi connectivity index (χ1n) is 5.48. The summed E-state index contributed by atoms with van der Waals surface area (Å²) in [5.74, 6) is 1.58. The summed E-state index contributed by atoms with van der Waals surface area (Å²) in [6, 6.07) is 2.00. The first kappa shape index (κ1) is 12.0. The molecular weight excluding hydrogens is 232 g/mol. The molecule has 0 amide bonds. The largest absolute Gasteiger partial charge is 0.423 e. The molecule has 0 radical (unpaired) electrons. The minimum Gasteiger partial charge on any atom is -0.423 e. The van der Waals surface area contributed by atoms with E-state index in [2.05, 4.69) is 20.2 Å². The summed E-state index contributed by atoms with van der Waals surface area (Å²) in [6.07, 6.45) is 3.72. The Morgan fingerprint density at radius 2 is 2.00 bits per heavy atom. The number of rotatable bonds is 4. The summed E-state index contributed by atoms with van der Waals surface area (Å²) >= 11 is 0. The van der Waals surface area contributed by atoms with E-state index in [0.717, 1.165) is 0 Å². The molecule has 18 heavy (non-hydrogen) atoms. The number of hydrogen-bond acceptors (Lipinski definition) is 7. The van der Waals surface area contributed by atoms with Crippen LogP contribution in [0.15, 0.2) is 16.8 Å². The number of nitrogens with zero attached hydrogens (tertiary/aromatic N) is 6. The third-order valence-electron chi connectivity index (χ3n) is 2.33. The zero-order chi connectivity index (χ0) is 13.0. The molecule has 7 nitrogen and oxygen atoms in total. The van der Waals surface area contributed by atoms with Gasteiger partial charge in [-0.25, -0.2) is 9.97 Å². The molecule has 0 saturated carbocycles. The molecule has 0 N–H and O–H groups in total. The fourth-order valence-electron chi connectivity index (χ4n) is 1.46. The summed E-state index contributed by atoms with van der Waals surface area (Å²) in [7, 11) is 1.79. The minimum atomic E-state index is 0.273. The Bertz CT molecular complexity index is 573. The van der Waals surface area contributed by atoms with Crippen LogP contribution in [0.3, 0.4) is 0 Å². The molecule has 0 aliphatic rings. The zero-order valence-electron chi connectivity index (χ0n) is 10.2. The average molecular weight is 244 g/mol. The highest BCUT2D eigenvalue weighted by Crippen LogP contribution is 2.14. The first-order chi connectivity index (χ1) is 8.74. The van der Waals surface area contributed by atoms with E-state index in [1.54, 1.807) is 11.9 Å². The van der Waals surface area contributed by atoms with Crippen molar-refractivity contribution in [2.45, 2.75) is 19.9 Å². The first-order valence-corrected chi connectivity index (χ1v) is 5.48. The number of aryl methyl sites for hydroxylation is 1. The zero-order valence-corrected chi connectivity index (χ0v) is 10.2. The van der Waals surface area contributed by atoms with E-state index in [4.69, 9.17) is 9.68 Å². The molecule has 2 aromatic rings. The highest BCUT2D eigenvalue weighted by Gasteiger charge is 2.13. The molecule has 0 aromatic carbocycles. The van der Waals surface area contributed by atoms with E-state index in [-0.39, 0.29) is 5.69 Å². The summed E-state index contributed by atoms with van der Waals surface area (Å²) in [4.78, 5) is 9.82. The molecule has 0 aliphatic heterocycles. The standard InChI is InChI=1S/C11H12N6O/c1-3-9-15-16-10(18-9)7-17(2)11-8(6-12)13-4-5-14-11/h4-5H,3,7H2,1-2H3. The van der Waals surface area contributed by atoms with Crippen molar-refractivity contribution in [3.8, 4) is 6.07 Å². The number of hydrogen-bond donors (Lipinski definition) is 0. The number of aromatic nitrogens is 4. The van der Waals surface area contributed by atoms with Crippen molar-refractivity contribution in [1.29, 1.82) is 5.26 Å². The maximum absolute atomic E-state index is 8.95. The fourth-order valence-corrected chi connectivity index (χ4v) is 1.46. The summed E-state index contributed by atoms with van der Waals surface area (Å²) in [5.41, 5.74) is 0.273. The lowest BCUT2D eigenvalue weighted by atomic mass is 10.4. The van der Waals surface area contributed by atoms with Gasteiger partial charge in [-0.05, 0) is 0 Å². The Kier molecular flexibility index (Phi) is 3.48. The molecule has 92 valence electrons. The van der Waals surface area contributed by atoms with Crippen LogP contribution < -0.4 is 4.90 Å². The van der Waals surface area contributed by atoms with Gasteiger partial charge in [0.15, 0.2) is 11.5 Å². The van der Waals surface area contributed by atoms with Crippen molar-refractivity contribution in [3.05, 3.63) is 29.9 Å². The molecule has 0 spiro atoms. The molecule has 0 aliphatic carbocycles. The van der Waals surface area contributed by atoms with Gasteiger partial charge in [-0.15, -0.1) is 10.2 Å². The van der Waals surface area contributed by atoms with E-state index in [1.807, 2.05) is 13.0 Å². The smallest absolute Gasteiger partial charge is 0.235 e. The lowest BCUT2D eigenvalue weighted by Crippen LogP contribution is -2.19. The van der Waals surface area contributed by atoms with E-state index in [9.17, 15) is 0 Å². The second-order valence-corrected chi connectivity index (χ2v) is 3.64. The van der Waals surface area contributed by atoms with E-state index in [1.165, 1.54) is 12.4 Å². The van der Waals surface area contributed by atoms with Gasteiger partial charge in [-0.2, -0.15) is 5.26 Å². The van der Waals surface area contributed by atoms with Crippen LogP contribution in [0.4, 0.5) is 5.82 Å². The monoisotopic (exact) mass is 244 g/mol. The Morgan fingerprint density at radius 3 is 2.67 bits per heavy atom. The molecular formula is C11H12N6O. The minimum absolute atomic E-state index is 0.273. The summed E-state index contributed by atoms with van der Waals surface area (Å²) < 4.78 is 5.40. The van der Waals surface area contributed by atoms with E-state index >= 15 is 0 Å². The van der Waals surface area contributed by atoms with Gasteiger partial charge in [0.25, 0.3) is 0 Å². The van der Waals surface area contributed by atoms with Crippen molar-refractivity contribution in [2.75, 3.05) is 11.9 Å². The maximum Gasteiger partial charge on any atom is 0.235 e. The van der Waals surface area contributed by atoms with Gasteiger partial charge in [0.2, 0.25) is 11.8 Å². The molecule has 2 heterocycles. The van der Waals surface area contributed by atoms with Crippen LogP contribution in [0, 0.1) is 11.3 Å². The predicted octanol–water partition coefficient (Wildman–Crippen LogP) is 0.930. The molecule has 2 rings (SSSR count). The second kappa shape index (κ2) is 5.23. The molecule has 0 atom stereocenters. The molecule has 0 unspecified atom stereocenters. The second-order valence-electron chi connectivity index (χ2n) is 3.64. The van der Waals surface area contributed by atoms with Crippen LogP contribution in [0.25, 0.3) is 0 Å². The van der Waals surface area contributed by atoms with Crippen molar-refractivity contribution >= 4 is 5.82 Å². The fraction of sp³-hybridized carbons (Fsp3) is 0.364. The van der Waals surface area contributed by atoms with Crippen LogP contribution in [-0.4, -0.2) is 27.2 Å². The van der Waals surface area contributed by atoms with Crippen LogP contribution in [0.5, 0.6) is 0 Å². The lowest BCUT2D eigenvalue weighted by molar-refractivity contribution is 0.452. The summed E-state index contributed by atoms with van der Waals surface area (Å²) in [5, 5.41) is 16.7. The quantitative estimate of drug-likeness (QED) is 0.789. The van der Waals surface area contributed by atoms with Gasteiger partial charge in [-0.1, -0.05) is 6.92 Å². The Balaban J connectivity index is 2.17. The van der Waals surface area contributed by atoms with Gasteiger partial charge in [0.1, 0.15) is 6.07 Å². The van der Waals surface area contributed by atoms with Crippen molar-refractivity contribution < 1.29 is 4.42 Å². The van der Waals surface area contributed by atoms with Gasteiger partial charge >= 0.3 is 0 Å². The van der Waals surface area contributed by atoms with Crippen molar-refractivity contribution in [2.24, 2.45) is 0 Å². The third kappa shape index (κ3) is 2.43. The SMILES string of the molecule is CCc1nnc(CN(C)c2nccnc2C#N)o1. The van der Waals surface area contributed by atoms with Gasteiger partial charge in [0, 0.05) is 25.9 Å². The molecule has 0 bridgehead atoms.